The van der Waals surface area contributed by atoms with Gasteiger partial charge in [-0.2, -0.15) is 0 Å². The van der Waals surface area contributed by atoms with Crippen LogP contribution in [0, 0.1) is 0 Å². The summed E-state index contributed by atoms with van der Waals surface area (Å²) in [4.78, 5) is 13.1. The zero-order valence-electron chi connectivity index (χ0n) is 13.9. The van der Waals surface area contributed by atoms with E-state index in [1.54, 1.807) is 7.05 Å². The summed E-state index contributed by atoms with van der Waals surface area (Å²) in [6, 6.07) is 11.5. The zero-order chi connectivity index (χ0) is 18.0. The largest absolute Gasteiger partial charge is 0.488 e. The first-order chi connectivity index (χ1) is 12.0. The van der Waals surface area contributed by atoms with E-state index in [1.807, 2.05) is 36.4 Å². The third kappa shape index (κ3) is 3.64. The van der Waals surface area contributed by atoms with Crippen LogP contribution >= 0.6 is 28.6 Å². The number of hydrogen-bond donors (Lipinski definition) is 1. The number of benzene rings is 2. The Hall–Kier alpha value is -2.06. The van der Waals surface area contributed by atoms with E-state index in [-0.39, 0.29) is 5.69 Å². The van der Waals surface area contributed by atoms with Crippen LogP contribution in [0.3, 0.4) is 0 Å². The molecule has 0 unspecified atom stereocenters. The molecule has 0 aliphatic heterocycles. The second-order valence-electron chi connectivity index (χ2n) is 5.51. The summed E-state index contributed by atoms with van der Waals surface area (Å²) in [7, 11) is 1.60. The summed E-state index contributed by atoms with van der Waals surface area (Å²) in [5.41, 5.74) is 2.55. The summed E-state index contributed by atoms with van der Waals surface area (Å²) in [5, 5.41) is 6.66. The predicted molar refractivity (Wildman–Crippen MR) is 100 cm³/mol. The predicted octanol–water partition coefficient (Wildman–Crippen LogP) is 2.58. The molecule has 1 N–H and O–H groups in total. The van der Waals surface area contributed by atoms with Gasteiger partial charge in [0.15, 0.2) is 0 Å². The standard InChI is InChI=1S/C17H17BrN4O2S/c1-3-11-5-4-6-15(22-17(23)21(2)19-20-22)13(11)10-24-16-8-7-12(25)9-14(16)18/h4-9,25H,3,10H2,1-2H3/p+1. The monoisotopic (exact) mass is 421 g/mol. The van der Waals surface area contributed by atoms with Gasteiger partial charge in [0.2, 0.25) is 0 Å². The third-order valence-electron chi connectivity index (χ3n) is 3.92. The Labute approximate surface area is 158 Å². The molecule has 0 spiro atoms. The van der Waals surface area contributed by atoms with Crippen molar-refractivity contribution in [3.8, 4) is 11.4 Å². The van der Waals surface area contributed by atoms with Crippen LogP contribution in [-0.2, 0) is 20.1 Å². The molecule has 0 fully saturated rings. The molecular weight excluding hydrogens is 404 g/mol. The Bertz CT molecular complexity index is 968. The SMILES string of the molecule is CCc1cccc(-n2[nH+]nn(C)c2=O)c1COc1ccc(S)cc1Br. The van der Waals surface area contributed by atoms with Crippen molar-refractivity contribution < 1.29 is 9.95 Å². The van der Waals surface area contributed by atoms with Gasteiger partial charge in [0.25, 0.3) is 0 Å². The van der Waals surface area contributed by atoms with Crippen molar-refractivity contribution in [3.05, 3.63) is 62.5 Å². The molecule has 0 atom stereocenters. The molecule has 130 valence electrons. The number of rotatable bonds is 5. The normalized spacial score (nSPS) is 10.9. The highest BCUT2D eigenvalue weighted by atomic mass is 79.9. The fourth-order valence-corrected chi connectivity index (χ4v) is 3.46. The van der Waals surface area contributed by atoms with Gasteiger partial charge in [0, 0.05) is 10.5 Å². The molecule has 0 aliphatic rings. The Morgan fingerprint density at radius 2 is 2.12 bits per heavy atom. The second-order valence-corrected chi connectivity index (χ2v) is 6.88. The Morgan fingerprint density at radius 3 is 2.76 bits per heavy atom. The van der Waals surface area contributed by atoms with E-state index in [9.17, 15) is 4.79 Å². The molecule has 8 heteroatoms. The van der Waals surface area contributed by atoms with Crippen molar-refractivity contribution in [2.75, 3.05) is 0 Å². The van der Waals surface area contributed by atoms with Crippen LogP contribution in [-0.4, -0.2) is 14.6 Å². The smallest absolute Gasteiger partial charge is 0.473 e. The molecule has 6 nitrogen and oxygen atoms in total. The zero-order valence-corrected chi connectivity index (χ0v) is 16.3. The highest BCUT2D eigenvalue weighted by Crippen LogP contribution is 2.29. The fourth-order valence-electron chi connectivity index (χ4n) is 2.58. The summed E-state index contributed by atoms with van der Waals surface area (Å²) in [6.45, 7) is 2.41. The number of tetrazole rings is 1. The summed E-state index contributed by atoms with van der Waals surface area (Å²) in [5.74, 6) is 0.720. The molecule has 1 heterocycles. The van der Waals surface area contributed by atoms with Crippen LogP contribution in [0.25, 0.3) is 5.69 Å². The van der Waals surface area contributed by atoms with Gasteiger partial charge >= 0.3 is 5.69 Å². The number of nitrogens with one attached hydrogen (secondary N) is 1. The average Bonchev–Trinajstić information content (AvgIpc) is 2.93. The van der Waals surface area contributed by atoms with Crippen LogP contribution in [0.4, 0.5) is 0 Å². The molecule has 0 radical (unpaired) electrons. The Morgan fingerprint density at radius 1 is 1.32 bits per heavy atom. The molecule has 0 bridgehead atoms. The van der Waals surface area contributed by atoms with Crippen LogP contribution in [0.1, 0.15) is 18.1 Å². The van der Waals surface area contributed by atoms with Crippen molar-refractivity contribution >= 4 is 28.6 Å². The maximum Gasteiger partial charge on any atom is 0.473 e. The van der Waals surface area contributed by atoms with E-state index in [1.165, 1.54) is 9.36 Å². The first-order valence-electron chi connectivity index (χ1n) is 7.77. The number of halogens is 1. The lowest BCUT2D eigenvalue weighted by Crippen LogP contribution is -2.29. The van der Waals surface area contributed by atoms with Gasteiger partial charge in [-0.25, -0.2) is 4.79 Å². The number of aromatic nitrogens is 4. The molecule has 3 rings (SSSR count). The van der Waals surface area contributed by atoms with Crippen molar-refractivity contribution in [2.24, 2.45) is 7.05 Å². The molecule has 0 amide bonds. The third-order valence-corrected chi connectivity index (χ3v) is 4.82. The van der Waals surface area contributed by atoms with Gasteiger partial charge in [-0.1, -0.05) is 33.6 Å². The molecule has 2 aromatic carbocycles. The number of aromatic amines is 1. The highest BCUT2D eigenvalue weighted by Gasteiger charge is 2.18. The van der Waals surface area contributed by atoms with Gasteiger partial charge < -0.3 is 4.74 Å². The van der Waals surface area contributed by atoms with Gasteiger partial charge in [-0.05, 0) is 52.2 Å². The first kappa shape index (κ1) is 17.8. The number of ether oxygens (including phenoxy) is 1. The van der Waals surface area contributed by atoms with Gasteiger partial charge in [-0.15, -0.1) is 12.6 Å². The molecule has 0 saturated carbocycles. The highest BCUT2D eigenvalue weighted by molar-refractivity contribution is 9.10. The summed E-state index contributed by atoms with van der Waals surface area (Å²) >= 11 is 7.80. The van der Waals surface area contributed by atoms with Gasteiger partial charge in [0.05, 0.1) is 4.47 Å². The van der Waals surface area contributed by atoms with Crippen LogP contribution < -0.4 is 15.6 Å². The van der Waals surface area contributed by atoms with Crippen molar-refractivity contribution in [2.45, 2.75) is 24.8 Å². The van der Waals surface area contributed by atoms with Crippen LogP contribution in [0.2, 0.25) is 0 Å². The number of hydrogen-bond acceptors (Lipinski definition) is 4. The minimum absolute atomic E-state index is 0.241. The fraction of sp³-hybridized carbons (Fsp3) is 0.235. The maximum absolute atomic E-state index is 12.3. The van der Waals surface area contributed by atoms with E-state index >= 15 is 0 Å². The Kier molecular flexibility index (Phi) is 5.29. The summed E-state index contributed by atoms with van der Waals surface area (Å²) in [6.07, 6.45) is 0.832. The lowest BCUT2D eigenvalue weighted by Gasteiger charge is -2.14. The van der Waals surface area contributed by atoms with Gasteiger partial charge in [-0.3, -0.25) is 0 Å². The minimum Gasteiger partial charge on any atom is -0.488 e. The van der Waals surface area contributed by atoms with Crippen molar-refractivity contribution in [3.63, 3.8) is 0 Å². The van der Waals surface area contributed by atoms with E-state index in [2.05, 4.69) is 45.9 Å². The Balaban J connectivity index is 1.99. The first-order valence-corrected chi connectivity index (χ1v) is 9.01. The lowest BCUT2D eigenvalue weighted by molar-refractivity contribution is -0.546. The summed E-state index contributed by atoms with van der Waals surface area (Å²) < 4.78 is 9.50. The topological polar surface area (TPSA) is 63.2 Å². The average molecular weight is 422 g/mol. The molecule has 1 aromatic heterocycles. The minimum atomic E-state index is -0.241. The number of aryl methyl sites for hydroxylation is 2. The maximum atomic E-state index is 12.3. The quantitative estimate of drug-likeness (QED) is 0.643. The molecule has 25 heavy (non-hydrogen) atoms. The van der Waals surface area contributed by atoms with Crippen LogP contribution in [0.5, 0.6) is 5.75 Å². The van der Waals surface area contributed by atoms with E-state index < -0.39 is 0 Å². The van der Waals surface area contributed by atoms with E-state index in [0.29, 0.717) is 6.61 Å². The van der Waals surface area contributed by atoms with E-state index in [0.717, 1.165) is 38.4 Å². The number of thiol groups is 1. The molecular formula is C17H18BrN4O2S+. The van der Waals surface area contributed by atoms with Crippen LogP contribution in [0.15, 0.2) is 50.6 Å². The van der Waals surface area contributed by atoms with Crippen molar-refractivity contribution in [1.29, 1.82) is 0 Å². The molecule has 0 saturated heterocycles. The number of nitrogens with zero attached hydrogens (tertiary/aromatic N) is 3. The van der Waals surface area contributed by atoms with E-state index in [4.69, 9.17) is 4.74 Å². The molecule has 3 aromatic rings. The second kappa shape index (κ2) is 7.45. The number of H-pyrrole nitrogens is 1. The molecule has 0 aliphatic carbocycles. The van der Waals surface area contributed by atoms with Gasteiger partial charge in [0.1, 0.15) is 30.3 Å². The van der Waals surface area contributed by atoms with Crippen molar-refractivity contribution in [1.82, 2.24) is 14.6 Å². The lowest BCUT2D eigenvalue weighted by atomic mass is 10.0.